The lowest BCUT2D eigenvalue weighted by Crippen LogP contribution is -2.42. The van der Waals surface area contributed by atoms with Gasteiger partial charge in [-0.3, -0.25) is 4.99 Å². The first-order chi connectivity index (χ1) is 7.89. The maximum absolute atomic E-state index is 8.76. The van der Waals surface area contributed by atoms with Crippen LogP contribution in [0, 0.1) is 5.41 Å². The highest BCUT2D eigenvalue weighted by Gasteiger charge is 2.13. The Hall–Kier alpha value is -0.0400. The van der Waals surface area contributed by atoms with Crippen molar-refractivity contribution in [2.24, 2.45) is 10.4 Å². The normalized spacial score (nSPS) is 13.8. The second-order valence-corrected chi connectivity index (χ2v) is 5.63. The smallest absolute Gasteiger partial charge is 0.191 e. The molecule has 0 rings (SSSR count). The molecule has 0 aliphatic rings. The van der Waals surface area contributed by atoms with Gasteiger partial charge in [0.25, 0.3) is 0 Å². The van der Waals surface area contributed by atoms with Crippen molar-refractivity contribution in [3.63, 3.8) is 0 Å². The lowest BCUT2D eigenvalue weighted by molar-refractivity contribution is 0.306. The molecule has 0 aromatic heterocycles. The van der Waals surface area contributed by atoms with E-state index in [1.807, 2.05) is 6.92 Å². The van der Waals surface area contributed by atoms with Crippen LogP contribution < -0.4 is 10.6 Å². The zero-order valence-corrected chi connectivity index (χ0v) is 14.7. The van der Waals surface area contributed by atoms with Crippen LogP contribution in [0.15, 0.2) is 4.99 Å². The van der Waals surface area contributed by atoms with E-state index in [-0.39, 0.29) is 30.6 Å². The summed E-state index contributed by atoms with van der Waals surface area (Å²) in [5.41, 5.74) is 0.372. The molecule has 0 saturated carbocycles. The van der Waals surface area contributed by atoms with E-state index in [0.717, 1.165) is 18.9 Å². The van der Waals surface area contributed by atoms with Crippen molar-refractivity contribution in [3.8, 4) is 0 Å². The highest BCUT2D eigenvalue weighted by Crippen LogP contribution is 2.21. The van der Waals surface area contributed by atoms with Crippen molar-refractivity contribution in [3.05, 3.63) is 0 Å². The molecule has 0 bridgehead atoms. The van der Waals surface area contributed by atoms with Crippen molar-refractivity contribution in [2.75, 3.05) is 19.7 Å². The molecule has 0 aromatic carbocycles. The molecule has 0 amide bonds. The molecule has 0 saturated heterocycles. The zero-order chi connectivity index (χ0) is 13.3. The number of aliphatic hydroxyl groups is 1. The van der Waals surface area contributed by atoms with Gasteiger partial charge in [-0.25, -0.2) is 0 Å². The average molecular weight is 371 g/mol. The Bertz CT molecular complexity index is 227. The molecular weight excluding hydrogens is 341 g/mol. The molecule has 1 unspecified atom stereocenters. The van der Waals surface area contributed by atoms with Crippen LogP contribution in [0.1, 0.15) is 47.5 Å². The summed E-state index contributed by atoms with van der Waals surface area (Å²) in [6.45, 7) is 12.3. The minimum absolute atomic E-state index is 0. The largest absolute Gasteiger partial charge is 0.394 e. The number of hydrogen-bond donors (Lipinski definition) is 3. The van der Waals surface area contributed by atoms with Crippen LogP contribution in [-0.2, 0) is 0 Å². The number of hydrogen-bond acceptors (Lipinski definition) is 2. The molecule has 0 aromatic rings. The lowest BCUT2D eigenvalue weighted by Gasteiger charge is -2.23. The first-order valence-electron chi connectivity index (χ1n) is 6.54. The topological polar surface area (TPSA) is 56.7 Å². The Kier molecular flexibility index (Phi) is 12.2. The Morgan fingerprint density at radius 3 is 2.39 bits per heavy atom. The number of aliphatic imine (C=N–C) groups is 1. The number of aliphatic hydroxyl groups excluding tert-OH is 1. The third-order valence-corrected chi connectivity index (χ3v) is 2.42. The van der Waals surface area contributed by atoms with Crippen molar-refractivity contribution in [2.45, 2.75) is 53.5 Å². The van der Waals surface area contributed by atoms with Crippen LogP contribution in [0.3, 0.4) is 0 Å². The quantitative estimate of drug-likeness (QED) is 0.382. The standard InChI is InChI=1S/C13H29N3O.HI/c1-6-14-12(15-9-10-17)16-11(2)7-8-13(3,4)5;/h11,17H,6-10H2,1-5H3,(H2,14,15,16);1H. The van der Waals surface area contributed by atoms with Gasteiger partial charge in [0.1, 0.15) is 0 Å². The maximum atomic E-state index is 8.76. The summed E-state index contributed by atoms with van der Waals surface area (Å²) in [6, 6.07) is 0.394. The molecule has 5 heteroatoms. The summed E-state index contributed by atoms with van der Waals surface area (Å²) in [4.78, 5) is 4.26. The first kappa shape index (κ1) is 20.3. The number of nitrogens with one attached hydrogen (secondary N) is 2. The Balaban J connectivity index is 0. The molecule has 0 aliphatic heterocycles. The predicted octanol–water partition coefficient (Wildman–Crippen LogP) is 2.37. The number of nitrogens with zero attached hydrogens (tertiary/aromatic N) is 1. The van der Waals surface area contributed by atoms with E-state index >= 15 is 0 Å². The summed E-state index contributed by atoms with van der Waals surface area (Å²) in [6.07, 6.45) is 2.30. The van der Waals surface area contributed by atoms with E-state index in [1.54, 1.807) is 0 Å². The summed E-state index contributed by atoms with van der Waals surface area (Å²) in [5.74, 6) is 0.794. The fraction of sp³-hybridized carbons (Fsp3) is 0.923. The molecular formula is C13H30IN3O. The molecule has 0 heterocycles. The van der Waals surface area contributed by atoms with Crippen LogP contribution in [-0.4, -0.2) is 36.8 Å². The summed E-state index contributed by atoms with van der Waals surface area (Å²) in [7, 11) is 0. The second kappa shape index (κ2) is 10.8. The third kappa shape index (κ3) is 12.4. The molecule has 0 radical (unpaired) electrons. The van der Waals surface area contributed by atoms with Gasteiger partial charge in [-0.1, -0.05) is 20.8 Å². The van der Waals surface area contributed by atoms with E-state index in [0.29, 0.717) is 18.0 Å². The Morgan fingerprint density at radius 1 is 1.33 bits per heavy atom. The van der Waals surface area contributed by atoms with Gasteiger partial charge in [0.15, 0.2) is 5.96 Å². The molecule has 4 nitrogen and oxygen atoms in total. The highest BCUT2D eigenvalue weighted by atomic mass is 127. The number of halogens is 1. The van der Waals surface area contributed by atoms with Crippen LogP contribution in [0.4, 0.5) is 0 Å². The van der Waals surface area contributed by atoms with E-state index in [1.165, 1.54) is 6.42 Å². The molecule has 18 heavy (non-hydrogen) atoms. The third-order valence-electron chi connectivity index (χ3n) is 2.42. The van der Waals surface area contributed by atoms with Crippen molar-refractivity contribution >= 4 is 29.9 Å². The molecule has 0 aliphatic carbocycles. The van der Waals surface area contributed by atoms with Gasteiger partial charge in [0.05, 0.1) is 13.2 Å². The minimum atomic E-state index is 0. The highest BCUT2D eigenvalue weighted by molar-refractivity contribution is 14.0. The summed E-state index contributed by atoms with van der Waals surface area (Å²) in [5, 5.41) is 15.3. The van der Waals surface area contributed by atoms with Crippen LogP contribution in [0.5, 0.6) is 0 Å². The van der Waals surface area contributed by atoms with E-state index in [9.17, 15) is 0 Å². The predicted molar refractivity (Wildman–Crippen MR) is 89.8 cm³/mol. The first-order valence-corrected chi connectivity index (χ1v) is 6.54. The molecule has 1 atom stereocenters. The van der Waals surface area contributed by atoms with Crippen molar-refractivity contribution < 1.29 is 5.11 Å². The Morgan fingerprint density at radius 2 is 1.94 bits per heavy atom. The van der Waals surface area contributed by atoms with E-state index in [2.05, 4.69) is 43.3 Å². The van der Waals surface area contributed by atoms with Crippen molar-refractivity contribution in [1.29, 1.82) is 0 Å². The summed E-state index contributed by atoms with van der Waals surface area (Å²) >= 11 is 0. The van der Waals surface area contributed by atoms with Gasteiger partial charge in [0.2, 0.25) is 0 Å². The number of guanidine groups is 1. The van der Waals surface area contributed by atoms with Gasteiger partial charge in [0, 0.05) is 12.6 Å². The van der Waals surface area contributed by atoms with Crippen molar-refractivity contribution in [1.82, 2.24) is 10.6 Å². The van der Waals surface area contributed by atoms with Gasteiger partial charge in [-0.2, -0.15) is 0 Å². The van der Waals surface area contributed by atoms with Crippen LogP contribution in [0.25, 0.3) is 0 Å². The lowest BCUT2D eigenvalue weighted by atomic mass is 9.89. The monoisotopic (exact) mass is 371 g/mol. The van der Waals surface area contributed by atoms with E-state index in [4.69, 9.17) is 5.11 Å². The molecule has 3 N–H and O–H groups in total. The zero-order valence-electron chi connectivity index (χ0n) is 12.4. The summed E-state index contributed by atoms with van der Waals surface area (Å²) < 4.78 is 0. The van der Waals surface area contributed by atoms with Crippen LogP contribution >= 0.6 is 24.0 Å². The van der Waals surface area contributed by atoms with Crippen LogP contribution in [0.2, 0.25) is 0 Å². The Labute approximate surface area is 129 Å². The number of rotatable bonds is 6. The minimum Gasteiger partial charge on any atom is -0.394 e. The fourth-order valence-corrected chi connectivity index (χ4v) is 1.44. The maximum Gasteiger partial charge on any atom is 0.191 e. The van der Waals surface area contributed by atoms with Gasteiger partial charge >= 0.3 is 0 Å². The molecule has 0 fully saturated rings. The van der Waals surface area contributed by atoms with Gasteiger partial charge in [-0.15, -0.1) is 24.0 Å². The molecule has 110 valence electrons. The van der Waals surface area contributed by atoms with Gasteiger partial charge in [-0.05, 0) is 32.1 Å². The van der Waals surface area contributed by atoms with Gasteiger partial charge < -0.3 is 15.7 Å². The molecule has 0 spiro atoms. The fourth-order valence-electron chi connectivity index (χ4n) is 1.44. The van der Waals surface area contributed by atoms with E-state index < -0.39 is 0 Å². The average Bonchev–Trinajstić information content (AvgIpc) is 2.22. The SMILES string of the molecule is CCNC(=NCCO)NC(C)CCC(C)(C)C.I. The second-order valence-electron chi connectivity index (χ2n) is 5.63.